The number of nitrogens with zero attached hydrogens (tertiary/aromatic N) is 2. The second kappa shape index (κ2) is 9.48. The van der Waals surface area contributed by atoms with Crippen molar-refractivity contribution in [1.82, 2.24) is 0 Å². The smallest absolute Gasteiger partial charge is 0.271 e. The fourth-order valence-corrected chi connectivity index (χ4v) is 4.40. The van der Waals surface area contributed by atoms with E-state index < -0.39 is 27.4 Å². The van der Waals surface area contributed by atoms with Crippen LogP contribution in [0.1, 0.15) is 5.56 Å². The second-order valence-electron chi connectivity index (χ2n) is 6.85. The molecule has 166 valence electrons. The van der Waals surface area contributed by atoms with Gasteiger partial charge in [-0.05, 0) is 37.3 Å². The number of nitrogens with one attached hydrogen (secondary N) is 1. The van der Waals surface area contributed by atoms with Crippen LogP contribution in [0, 0.1) is 17.0 Å². The van der Waals surface area contributed by atoms with Crippen molar-refractivity contribution in [3.05, 3.63) is 88.5 Å². The Morgan fingerprint density at radius 3 is 2.31 bits per heavy atom. The van der Waals surface area contributed by atoms with E-state index >= 15 is 0 Å². The minimum Gasteiger partial charge on any atom is -0.495 e. The topological polar surface area (TPSA) is 119 Å². The Kier molecular flexibility index (Phi) is 6.74. The predicted molar refractivity (Wildman–Crippen MR) is 120 cm³/mol. The molecule has 0 saturated carbocycles. The Labute approximate surface area is 185 Å². The van der Waals surface area contributed by atoms with Gasteiger partial charge in [0, 0.05) is 12.1 Å². The lowest BCUT2D eigenvalue weighted by Crippen LogP contribution is -2.38. The van der Waals surface area contributed by atoms with E-state index in [1.807, 2.05) is 6.92 Å². The Hall–Kier alpha value is -3.92. The van der Waals surface area contributed by atoms with Crippen LogP contribution in [-0.4, -0.2) is 32.9 Å². The average Bonchev–Trinajstić information content (AvgIpc) is 2.78. The third-order valence-electron chi connectivity index (χ3n) is 4.61. The standard InChI is InChI=1S/C22H21N3O6S/c1-16-8-11-19(12-9-16)32(29,30)24(17-6-4-3-5-7-17)15-22(26)23-20-14-18(25(27)28)10-13-21(20)31-2/h3-14H,15H2,1-2H3,(H,23,26). The number of non-ortho nitro benzene ring substituents is 1. The Balaban J connectivity index is 1.94. The molecule has 3 aromatic carbocycles. The van der Waals surface area contributed by atoms with Crippen LogP contribution < -0.4 is 14.4 Å². The van der Waals surface area contributed by atoms with E-state index in [-0.39, 0.29) is 22.0 Å². The summed E-state index contributed by atoms with van der Waals surface area (Å²) in [4.78, 5) is 23.3. The van der Waals surface area contributed by atoms with Crippen molar-refractivity contribution >= 4 is 33.0 Å². The van der Waals surface area contributed by atoms with E-state index in [1.54, 1.807) is 42.5 Å². The maximum absolute atomic E-state index is 13.3. The fraction of sp³-hybridized carbons (Fsp3) is 0.136. The van der Waals surface area contributed by atoms with E-state index in [0.29, 0.717) is 5.69 Å². The van der Waals surface area contributed by atoms with Gasteiger partial charge in [-0.15, -0.1) is 0 Å². The lowest BCUT2D eigenvalue weighted by Gasteiger charge is -2.24. The summed E-state index contributed by atoms with van der Waals surface area (Å²) in [7, 11) is -2.71. The number of benzene rings is 3. The van der Waals surface area contributed by atoms with E-state index in [2.05, 4.69) is 5.32 Å². The molecule has 0 heterocycles. The molecule has 0 spiro atoms. The largest absolute Gasteiger partial charge is 0.495 e. The van der Waals surface area contributed by atoms with Crippen LogP contribution in [0.2, 0.25) is 0 Å². The van der Waals surface area contributed by atoms with Gasteiger partial charge in [0.05, 0.1) is 28.3 Å². The van der Waals surface area contributed by atoms with Gasteiger partial charge in [-0.1, -0.05) is 35.9 Å². The molecule has 0 fully saturated rings. The number of para-hydroxylation sites is 1. The molecule has 1 amide bonds. The molecule has 0 aromatic heterocycles. The van der Waals surface area contributed by atoms with Gasteiger partial charge in [0.25, 0.3) is 15.7 Å². The minimum atomic E-state index is -4.06. The van der Waals surface area contributed by atoms with Crippen molar-refractivity contribution in [3.8, 4) is 5.75 Å². The minimum absolute atomic E-state index is 0.0349. The monoisotopic (exact) mass is 455 g/mol. The van der Waals surface area contributed by atoms with Gasteiger partial charge in [0.15, 0.2) is 0 Å². The summed E-state index contributed by atoms with van der Waals surface area (Å²) in [5.74, 6) is -0.486. The Morgan fingerprint density at radius 1 is 1.06 bits per heavy atom. The van der Waals surface area contributed by atoms with Crippen LogP contribution in [0.3, 0.4) is 0 Å². The van der Waals surface area contributed by atoms with Gasteiger partial charge in [0.2, 0.25) is 5.91 Å². The summed E-state index contributed by atoms with van der Waals surface area (Å²) < 4.78 is 32.8. The van der Waals surface area contributed by atoms with E-state index in [0.717, 1.165) is 15.9 Å². The highest BCUT2D eigenvalue weighted by molar-refractivity contribution is 7.92. The molecule has 3 aromatic rings. The zero-order valence-electron chi connectivity index (χ0n) is 17.4. The summed E-state index contributed by atoms with van der Waals surface area (Å²) >= 11 is 0. The molecule has 0 unspecified atom stereocenters. The molecule has 0 radical (unpaired) electrons. The number of carbonyl (C=O) groups excluding carboxylic acids is 1. The van der Waals surface area contributed by atoms with Crippen molar-refractivity contribution in [1.29, 1.82) is 0 Å². The van der Waals surface area contributed by atoms with E-state index in [4.69, 9.17) is 4.74 Å². The first kappa shape index (κ1) is 22.8. The third kappa shape index (κ3) is 5.03. The highest BCUT2D eigenvalue weighted by Gasteiger charge is 2.27. The molecule has 10 heteroatoms. The first-order valence-electron chi connectivity index (χ1n) is 9.49. The second-order valence-corrected chi connectivity index (χ2v) is 8.71. The van der Waals surface area contributed by atoms with Crippen molar-refractivity contribution in [3.63, 3.8) is 0 Å². The average molecular weight is 455 g/mol. The summed E-state index contributed by atoms with van der Waals surface area (Å²) in [5, 5.41) is 13.6. The van der Waals surface area contributed by atoms with E-state index in [1.165, 1.54) is 31.4 Å². The first-order valence-corrected chi connectivity index (χ1v) is 10.9. The van der Waals surface area contributed by atoms with Gasteiger partial charge in [-0.25, -0.2) is 8.42 Å². The highest BCUT2D eigenvalue weighted by atomic mass is 32.2. The number of methoxy groups -OCH3 is 1. The summed E-state index contributed by atoms with van der Waals surface area (Å²) in [5.41, 5.74) is 1.01. The van der Waals surface area contributed by atoms with Crippen molar-refractivity contribution < 1.29 is 22.9 Å². The number of amides is 1. The number of sulfonamides is 1. The van der Waals surface area contributed by atoms with E-state index in [9.17, 15) is 23.3 Å². The number of anilines is 2. The van der Waals surface area contributed by atoms with Crippen LogP contribution in [-0.2, 0) is 14.8 Å². The third-order valence-corrected chi connectivity index (χ3v) is 6.40. The molecule has 32 heavy (non-hydrogen) atoms. The zero-order chi connectivity index (χ0) is 23.3. The number of hydrogen-bond donors (Lipinski definition) is 1. The number of nitro groups is 1. The Morgan fingerprint density at radius 2 is 1.72 bits per heavy atom. The molecule has 9 nitrogen and oxygen atoms in total. The number of aryl methyl sites for hydroxylation is 1. The first-order chi connectivity index (χ1) is 15.2. The molecule has 1 N–H and O–H groups in total. The van der Waals surface area contributed by atoms with Crippen LogP contribution in [0.15, 0.2) is 77.7 Å². The molecule has 0 atom stereocenters. The molecule has 0 aliphatic heterocycles. The predicted octanol–water partition coefficient (Wildman–Crippen LogP) is 3.75. The zero-order valence-corrected chi connectivity index (χ0v) is 18.2. The van der Waals surface area contributed by atoms with Crippen molar-refractivity contribution in [2.45, 2.75) is 11.8 Å². The SMILES string of the molecule is COc1ccc([N+](=O)[O-])cc1NC(=O)CN(c1ccccc1)S(=O)(=O)c1ccc(C)cc1. The molecule has 0 saturated heterocycles. The molecular formula is C22H21N3O6S. The molecule has 0 bridgehead atoms. The number of carbonyl (C=O) groups is 1. The van der Waals surface area contributed by atoms with Crippen LogP contribution in [0.25, 0.3) is 0 Å². The van der Waals surface area contributed by atoms with Crippen LogP contribution in [0.4, 0.5) is 17.1 Å². The van der Waals surface area contributed by atoms with Crippen LogP contribution >= 0.6 is 0 Å². The van der Waals surface area contributed by atoms with Gasteiger partial charge in [-0.2, -0.15) is 0 Å². The lowest BCUT2D eigenvalue weighted by atomic mass is 10.2. The molecule has 3 rings (SSSR count). The van der Waals surface area contributed by atoms with Gasteiger partial charge < -0.3 is 10.1 Å². The molecular weight excluding hydrogens is 434 g/mol. The maximum Gasteiger partial charge on any atom is 0.271 e. The quantitative estimate of drug-likeness (QED) is 0.408. The molecule has 0 aliphatic rings. The van der Waals surface area contributed by atoms with Gasteiger partial charge in [0.1, 0.15) is 12.3 Å². The van der Waals surface area contributed by atoms with Crippen LogP contribution in [0.5, 0.6) is 5.75 Å². The van der Waals surface area contributed by atoms with Crippen molar-refractivity contribution in [2.24, 2.45) is 0 Å². The number of nitro benzene ring substituents is 1. The van der Waals surface area contributed by atoms with Gasteiger partial charge in [-0.3, -0.25) is 19.2 Å². The summed E-state index contributed by atoms with van der Waals surface area (Å²) in [6, 6.07) is 18.2. The normalized spacial score (nSPS) is 10.9. The van der Waals surface area contributed by atoms with Gasteiger partial charge >= 0.3 is 0 Å². The number of rotatable bonds is 8. The summed E-state index contributed by atoms with van der Waals surface area (Å²) in [6.07, 6.45) is 0. The fourth-order valence-electron chi connectivity index (χ4n) is 2.97. The Bertz CT molecular complexity index is 1230. The number of hydrogen-bond acceptors (Lipinski definition) is 6. The lowest BCUT2D eigenvalue weighted by molar-refractivity contribution is -0.384. The number of ether oxygens (including phenoxy) is 1. The maximum atomic E-state index is 13.3. The highest BCUT2D eigenvalue weighted by Crippen LogP contribution is 2.29. The summed E-state index contributed by atoms with van der Waals surface area (Å²) in [6.45, 7) is 1.29. The molecule has 0 aliphatic carbocycles. The van der Waals surface area contributed by atoms with Crippen molar-refractivity contribution in [2.75, 3.05) is 23.3 Å².